The van der Waals surface area contributed by atoms with Gasteiger partial charge in [-0.25, -0.2) is 4.98 Å². The van der Waals surface area contributed by atoms with E-state index < -0.39 is 0 Å². The smallest absolute Gasteiger partial charge is 0.137 e. The first-order valence-corrected chi connectivity index (χ1v) is 6.68. The number of ketones is 1. The van der Waals surface area contributed by atoms with Gasteiger partial charge in [-0.2, -0.15) is 0 Å². The molecule has 0 aliphatic heterocycles. The number of anilines is 1. The van der Waals surface area contributed by atoms with Gasteiger partial charge in [0, 0.05) is 30.6 Å². The molecule has 1 atom stereocenters. The monoisotopic (exact) mass is 269 g/mol. The summed E-state index contributed by atoms with van der Waals surface area (Å²) in [6, 6.07) is 13.3. The van der Waals surface area contributed by atoms with Gasteiger partial charge in [-0.15, -0.1) is 0 Å². The Hall–Kier alpha value is -2.20. The SMILES string of the molecule is Nc1ncccc1CC(=O)CCC(N)c1ccccc1. The van der Waals surface area contributed by atoms with Gasteiger partial charge in [-0.05, 0) is 18.1 Å². The van der Waals surface area contributed by atoms with E-state index in [1.807, 2.05) is 36.4 Å². The van der Waals surface area contributed by atoms with Gasteiger partial charge < -0.3 is 11.5 Å². The summed E-state index contributed by atoms with van der Waals surface area (Å²) in [5, 5.41) is 0. The van der Waals surface area contributed by atoms with Crippen LogP contribution < -0.4 is 11.5 Å². The Morgan fingerprint density at radius 3 is 2.60 bits per heavy atom. The lowest BCUT2D eigenvalue weighted by atomic mass is 9.99. The van der Waals surface area contributed by atoms with Gasteiger partial charge in [-0.3, -0.25) is 4.79 Å². The predicted octanol–water partition coefficient (Wildman–Crippen LogP) is 2.26. The van der Waals surface area contributed by atoms with Crippen molar-refractivity contribution in [1.82, 2.24) is 4.98 Å². The minimum atomic E-state index is -0.105. The molecule has 0 aliphatic carbocycles. The number of Topliss-reactive ketones (excluding diaryl/α,β-unsaturated/α-hetero) is 1. The van der Waals surface area contributed by atoms with Crippen molar-refractivity contribution in [2.45, 2.75) is 25.3 Å². The molecule has 1 heterocycles. The number of aromatic nitrogens is 1. The second-order valence-electron chi connectivity index (χ2n) is 4.82. The number of hydrogen-bond acceptors (Lipinski definition) is 4. The molecule has 4 heteroatoms. The molecule has 0 aliphatic rings. The minimum absolute atomic E-state index is 0.105. The van der Waals surface area contributed by atoms with Crippen molar-refractivity contribution in [3.8, 4) is 0 Å². The molecule has 4 N–H and O–H groups in total. The fourth-order valence-electron chi connectivity index (χ4n) is 2.08. The van der Waals surface area contributed by atoms with Crippen molar-refractivity contribution in [2.75, 3.05) is 5.73 Å². The summed E-state index contributed by atoms with van der Waals surface area (Å²) < 4.78 is 0. The maximum absolute atomic E-state index is 12.0. The number of hydrogen-bond donors (Lipinski definition) is 2. The second kappa shape index (κ2) is 6.82. The number of nitrogens with two attached hydrogens (primary N) is 2. The fourth-order valence-corrected chi connectivity index (χ4v) is 2.08. The van der Waals surface area contributed by atoms with E-state index in [-0.39, 0.29) is 11.8 Å². The Balaban J connectivity index is 1.85. The van der Waals surface area contributed by atoms with Crippen LogP contribution in [0.5, 0.6) is 0 Å². The molecule has 0 spiro atoms. The van der Waals surface area contributed by atoms with E-state index in [2.05, 4.69) is 4.98 Å². The van der Waals surface area contributed by atoms with Crippen LogP contribution in [0.2, 0.25) is 0 Å². The van der Waals surface area contributed by atoms with E-state index in [0.29, 0.717) is 25.1 Å². The third-order valence-corrected chi connectivity index (χ3v) is 3.28. The number of carbonyl (C=O) groups excluding carboxylic acids is 1. The van der Waals surface area contributed by atoms with Gasteiger partial charge >= 0.3 is 0 Å². The Kier molecular flexibility index (Phi) is 4.85. The second-order valence-corrected chi connectivity index (χ2v) is 4.82. The maximum atomic E-state index is 12.0. The summed E-state index contributed by atoms with van der Waals surface area (Å²) in [5.41, 5.74) is 13.6. The average molecular weight is 269 g/mol. The van der Waals surface area contributed by atoms with Gasteiger partial charge in [0.05, 0.1) is 0 Å². The van der Waals surface area contributed by atoms with Crippen LogP contribution >= 0.6 is 0 Å². The highest BCUT2D eigenvalue weighted by Gasteiger charge is 2.11. The first-order valence-electron chi connectivity index (χ1n) is 6.68. The van der Waals surface area contributed by atoms with Crippen molar-refractivity contribution in [3.63, 3.8) is 0 Å². The van der Waals surface area contributed by atoms with Crippen LogP contribution in [-0.4, -0.2) is 10.8 Å². The number of nitrogens with zero attached hydrogens (tertiary/aromatic N) is 1. The van der Waals surface area contributed by atoms with E-state index in [0.717, 1.165) is 11.1 Å². The van der Waals surface area contributed by atoms with E-state index >= 15 is 0 Å². The van der Waals surface area contributed by atoms with Crippen molar-refractivity contribution >= 4 is 11.6 Å². The molecule has 0 saturated heterocycles. The Bertz CT molecular complexity index is 569. The van der Waals surface area contributed by atoms with Gasteiger partial charge in [0.25, 0.3) is 0 Å². The Morgan fingerprint density at radius 1 is 1.15 bits per heavy atom. The lowest BCUT2D eigenvalue weighted by Crippen LogP contribution is -2.13. The average Bonchev–Trinajstić information content (AvgIpc) is 2.48. The molecule has 4 nitrogen and oxygen atoms in total. The molecule has 2 aromatic rings. The molecule has 1 aromatic carbocycles. The summed E-state index contributed by atoms with van der Waals surface area (Å²) in [6.07, 6.45) is 3.03. The zero-order valence-corrected chi connectivity index (χ0v) is 11.3. The molecule has 104 valence electrons. The first-order chi connectivity index (χ1) is 9.66. The molecule has 1 unspecified atom stereocenters. The van der Waals surface area contributed by atoms with Crippen LogP contribution in [-0.2, 0) is 11.2 Å². The van der Waals surface area contributed by atoms with Crippen molar-refractivity contribution in [3.05, 3.63) is 59.8 Å². The lowest BCUT2D eigenvalue weighted by Gasteiger charge is -2.11. The zero-order valence-electron chi connectivity index (χ0n) is 11.3. The highest BCUT2D eigenvalue weighted by Crippen LogP contribution is 2.17. The summed E-state index contributed by atoms with van der Waals surface area (Å²) in [6.45, 7) is 0. The predicted molar refractivity (Wildman–Crippen MR) is 80.0 cm³/mol. The third kappa shape index (κ3) is 3.90. The number of carbonyl (C=O) groups is 1. The van der Waals surface area contributed by atoms with Gasteiger partial charge in [0.2, 0.25) is 0 Å². The maximum Gasteiger partial charge on any atom is 0.137 e. The summed E-state index contributed by atoms with van der Waals surface area (Å²) in [5.74, 6) is 0.560. The van der Waals surface area contributed by atoms with E-state index in [1.54, 1.807) is 12.3 Å². The number of nitrogen functional groups attached to an aromatic ring is 1. The van der Waals surface area contributed by atoms with E-state index in [9.17, 15) is 4.79 Å². The Morgan fingerprint density at radius 2 is 1.90 bits per heavy atom. The van der Waals surface area contributed by atoms with Crippen LogP contribution in [0.1, 0.15) is 30.0 Å². The highest BCUT2D eigenvalue weighted by molar-refractivity contribution is 5.81. The molecule has 0 amide bonds. The van der Waals surface area contributed by atoms with Crippen LogP contribution in [0.4, 0.5) is 5.82 Å². The lowest BCUT2D eigenvalue weighted by molar-refractivity contribution is -0.118. The van der Waals surface area contributed by atoms with Crippen LogP contribution in [0, 0.1) is 0 Å². The largest absolute Gasteiger partial charge is 0.383 e. The standard InChI is InChI=1S/C16H19N3O/c17-15(12-5-2-1-3-6-12)9-8-14(20)11-13-7-4-10-19-16(13)18/h1-7,10,15H,8-9,11,17H2,(H2,18,19). The first kappa shape index (κ1) is 14.2. The summed E-state index contributed by atoms with van der Waals surface area (Å²) in [7, 11) is 0. The normalized spacial score (nSPS) is 12.1. The Labute approximate surface area is 118 Å². The fraction of sp³-hybridized carbons (Fsp3) is 0.250. The molecule has 1 aromatic heterocycles. The molecule has 0 radical (unpaired) electrons. The van der Waals surface area contributed by atoms with E-state index in [1.165, 1.54) is 0 Å². The van der Waals surface area contributed by atoms with E-state index in [4.69, 9.17) is 11.5 Å². The third-order valence-electron chi connectivity index (χ3n) is 3.28. The molecule has 0 saturated carbocycles. The molecule has 2 rings (SSSR count). The molecule has 20 heavy (non-hydrogen) atoms. The number of benzene rings is 1. The minimum Gasteiger partial charge on any atom is -0.383 e. The quantitative estimate of drug-likeness (QED) is 0.842. The van der Waals surface area contributed by atoms with Gasteiger partial charge in [0.1, 0.15) is 11.6 Å². The molecule has 0 bridgehead atoms. The molecular weight excluding hydrogens is 250 g/mol. The van der Waals surface area contributed by atoms with Gasteiger partial charge in [0.15, 0.2) is 0 Å². The van der Waals surface area contributed by atoms with Crippen molar-refractivity contribution in [1.29, 1.82) is 0 Å². The van der Waals surface area contributed by atoms with Crippen molar-refractivity contribution in [2.24, 2.45) is 5.73 Å². The van der Waals surface area contributed by atoms with Crippen LogP contribution in [0.15, 0.2) is 48.7 Å². The van der Waals surface area contributed by atoms with Gasteiger partial charge in [-0.1, -0.05) is 36.4 Å². The van der Waals surface area contributed by atoms with Crippen LogP contribution in [0.25, 0.3) is 0 Å². The summed E-state index contributed by atoms with van der Waals surface area (Å²) in [4.78, 5) is 15.9. The van der Waals surface area contributed by atoms with Crippen LogP contribution in [0.3, 0.4) is 0 Å². The topological polar surface area (TPSA) is 82.0 Å². The van der Waals surface area contributed by atoms with Crippen molar-refractivity contribution < 1.29 is 4.79 Å². The summed E-state index contributed by atoms with van der Waals surface area (Å²) >= 11 is 0. The molecule has 0 fully saturated rings. The number of pyridine rings is 1. The molecular formula is C16H19N3O. The highest BCUT2D eigenvalue weighted by atomic mass is 16.1. The number of rotatable bonds is 6. The zero-order chi connectivity index (χ0) is 14.4.